The molecule has 0 spiro atoms. The lowest BCUT2D eigenvalue weighted by Gasteiger charge is -2.17. The lowest BCUT2D eigenvalue weighted by molar-refractivity contribution is 0.112. The van der Waals surface area contributed by atoms with E-state index < -0.39 is 10.0 Å². The number of ether oxygens (including phenoxy) is 1. The van der Waals surface area contributed by atoms with Crippen LogP contribution in [0.4, 0.5) is 16.2 Å². The maximum atomic E-state index is 11.9. The topological polar surface area (TPSA) is 87.7 Å². The second-order valence-corrected chi connectivity index (χ2v) is 7.77. The lowest BCUT2D eigenvalue weighted by Crippen LogP contribution is -2.35. The Balaban J connectivity index is 1.54. The summed E-state index contributed by atoms with van der Waals surface area (Å²) in [5, 5.41) is 5.51. The van der Waals surface area contributed by atoms with Gasteiger partial charge in [-0.25, -0.2) is 13.2 Å². The van der Waals surface area contributed by atoms with E-state index in [-0.39, 0.29) is 17.9 Å². The van der Waals surface area contributed by atoms with Crippen molar-refractivity contribution in [2.45, 2.75) is 25.4 Å². The second kappa shape index (κ2) is 6.76. The van der Waals surface area contributed by atoms with Crippen LogP contribution in [0.3, 0.4) is 0 Å². The predicted molar refractivity (Wildman–Crippen MR) is 88.2 cm³/mol. The minimum atomic E-state index is -3.17. The summed E-state index contributed by atoms with van der Waals surface area (Å²) in [4.78, 5) is 11.8. The Morgan fingerprint density at radius 2 is 2.04 bits per heavy atom. The number of nitrogens with one attached hydrogen (secondary N) is 2. The largest absolute Gasteiger partial charge is 0.376 e. The zero-order valence-corrected chi connectivity index (χ0v) is 13.6. The maximum absolute atomic E-state index is 11.9. The Hall–Kier alpha value is -1.80. The molecule has 7 nitrogen and oxygen atoms in total. The number of carbonyl (C=O) groups excluding carboxylic acids is 1. The fourth-order valence-electron chi connectivity index (χ4n) is 2.83. The first-order chi connectivity index (χ1) is 11.0. The van der Waals surface area contributed by atoms with Crippen molar-refractivity contribution in [3.63, 3.8) is 0 Å². The molecule has 2 fully saturated rings. The van der Waals surface area contributed by atoms with E-state index in [4.69, 9.17) is 4.74 Å². The number of rotatable bonds is 4. The van der Waals surface area contributed by atoms with Crippen LogP contribution in [-0.2, 0) is 14.8 Å². The third-order valence-electron chi connectivity index (χ3n) is 4.03. The summed E-state index contributed by atoms with van der Waals surface area (Å²) in [6, 6.07) is 6.53. The number of amides is 2. The molecule has 1 atom stereocenters. The van der Waals surface area contributed by atoms with Gasteiger partial charge in [0, 0.05) is 25.4 Å². The normalized spacial score (nSPS) is 23.0. The van der Waals surface area contributed by atoms with Gasteiger partial charge in [-0.2, -0.15) is 0 Å². The van der Waals surface area contributed by atoms with E-state index in [0.29, 0.717) is 30.9 Å². The van der Waals surface area contributed by atoms with E-state index >= 15 is 0 Å². The highest BCUT2D eigenvalue weighted by Gasteiger charge is 2.28. The maximum Gasteiger partial charge on any atom is 0.319 e. The molecule has 0 saturated carbocycles. The number of anilines is 2. The van der Waals surface area contributed by atoms with Gasteiger partial charge in [-0.3, -0.25) is 4.31 Å². The van der Waals surface area contributed by atoms with E-state index in [1.165, 1.54) is 4.31 Å². The highest BCUT2D eigenvalue weighted by Crippen LogP contribution is 2.25. The van der Waals surface area contributed by atoms with Gasteiger partial charge in [-0.1, -0.05) is 0 Å². The first-order valence-corrected chi connectivity index (χ1v) is 9.42. The average Bonchev–Trinajstić information content (AvgIpc) is 3.15. The molecule has 1 aromatic carbocycles. The third kappa shape index (κ3) is 3.94. The number of nitrogens with zero attached hydrogens (tertiary/aromatic N) is 1. The van der Waals surface area contributed by atoms with Crippen molar-refractivity contribution in [2.24, 2.45) is 0 Å². The van der Waals surface area contributed by atoms with E-state index in [2.05, 4.69) is 10.6 Å². The molecule has 0 aromatic heterocycles. The summed E-state index contributed by atoms with van der Waals surface area (Å²) in [5.74, 6) is 0.193. The number of hydrogen-bond acceptors (Lipinski definition) is 4. The van der Waals surface area contributed by atoms with Crippen LogP contribution in [0.1, 0.15) is 19.3 Å². The summed E-state index contributed by atoms with van der Waals surface area (Å²) >= 11 is 0. The Labute approximate surface area is 136 Å². The molecule has 2 N–H and O–H groups in total. The van der Waals surface area contributed by atoms with E-state index in [9.17, 15) is 13.2 Å². The highest BCUT2D eigenvalue weighted by atomic mass is 32.2. The van der Waals surface area contributed by atoms with Gasteiger partial charge in [0.15, 0.2) is 0 Å². The number of benzene rings is 1. The second-order valence-electron chi connectivity index (χ2n) is 5.76. The molecule has 2 aliphatic heterocycles. The van der Waals surface area contributed by atoms with Crippen molar-refractivity contribution >= 4 is 27.4 Å². The van der Waals surface area contributed by atoms with Crippen LogP contribution in [0, 0.1) is 0 Å². The van der Waals surface area contributed by atoms with Crippen LogP contribution in [-0.4, -0.2) is 46.0 Å². The molecule has 1 aromatic rings. The third-order valence-corrected chi connectivity index (χ3v) is 5.90. The van der Waals surface area contributed by atoms with Crippen LogP contribution >= 0.6 is 0 Å². The highest BCUT2D eigenvalue weighted by molar-refractivity contribution is 7.93. The van der Waals surface area contributed by atoms with Crippen LogP contribution in [0.5, 0.6) is 0 Å². The van der Waals surface area contributed by atoms with Gasteiger partial charge in [-0.15, -0.1) is 0 Å². The standard InChI is InChI=1S/C15H21N3O4S/c19-15(16-11-14-3-1-9-22-14)17-12-4-6-13(7-5-12)18-8-2-10-23(18,20)21/h4-7,14H,1-3,8-11H2,(H2,16,17,19)/t14-/m1/s1. The SMILES string of the molecule is O=C(NC[C@H]1CCCO1)Nc1ccc(N2CCCS2(=O)=O)cc1. The molecule has 0 aliphatic carbocycles. The van der Waals surface area contributed by atoms with E-state index in [0.717, 1.165) is 19.4 Å². The van der Waals surface area contributed by atoms with Gasteiger partial charge in [-0.05, 0) is 43.5 Å². The number of hydrogen-bond donors (Lipinski definition) is 2. The number of urea groups is 1. The van der Waals surface area contributed by atoms with Crippen LogP contribution in [0.25, 0.3) is 0 Å². The zero-order valence-electron chi connectivity index (χ0n) is 12.8. The predicted octanol–water partition coefficient (Wildman–Crippen LogP) is 1.53. The van der Waals surface area contributed by atoms with Crippen molar-refractivity contribution in [2.75, 3.05) is 35.1 Å². The quantitative estimate of drug-likeness (QED) is 0.871. The van der Waals surface area contributed by atoms with E-state index in [1.54, 1.807) is 24.3 Å². The number of sulfonamides is 1. The minimum absolute atomic E-state index is 0.100. The monoisotopic (exact) mass is 339 g/mol. The molecule has 0 unspecified atom stereocenters. The van der Waals surface area contributed by atoms with E-state index in [1.807, 2.05) is 0 Å². The molecule has 126 valence electrons. The molecule has 3 rings (SSSR count). The molecule has 2 saturated heterocycles. The van der Waals surface area contributed by atoms with Gasteiger partial charge < -0.3 is 15.4 Å². The van der Waals surface area contributed by atoms with Crippen molar-refractivity contribution in [1.29, 1.82) is 0 Å². The summed E-state index contributed by atoms with van der Waals surface area (Å²) in [6.07, 6.45) is 2.76. The fraction of sp³-hybridized carbons (Fsp3) is 0.533. The Morgan fingerprint density at radius 1 is 1.26 bits per heavy atom. The fourth-order valence-corrected chi connectivity index (χ4v) is 4.39. The molecule has 0 radical (unpaired) electrons. The van der Waals surface area contributed by atoms with Gasteiger partial charge in [0.2, 0.25) is 10.0 Å². The molecule has 8 heteroatoms. The van der Waals surface area contributed by atoms with Crippen LogP contribution in [0.2, 0.25) is 0 Å². The Morgan fingerprint density at radius 3 is 2.65 bits per heavy atom. The molecule has 0 bridgehead atoms. The van der Waals surface area contributed by atoms with Gasteiger partial charge in [0.1, 0.15) is 0 Å². The Bertz CT molecular complexity index is 654. The van der Waals surface area contributed by atoms with Crippen molar-refractivity contribution < 1.29 is 17.9 Å². The van der Waals surface area contributed by atoms with Gasteiger partial charge >= 0.3 is 6.03 Å². The smallest absolute Gasteiger partial charge is 0.319 e. The van der Waals surface area contributed by atoms with Crippen molar-refractivity contribution in [1.82, 2.24) is 5.32 Å². The van der Waals surface area contributed by atoms with Gasteiger partial charge in [0.25, 0.3) is 0 Å². The van der Waals surface area contributed by atoms with Crippen LogP contribution < -0.4 is 14.9 Å². The first kappa shape index (κ1) is 16.1. The van der Waals surface area contributed by atoms with Crippen LogP contribution in [0.15, 0.2) is 24.3 Å². The van der Waals surface area contributed by atoms with Crippen molar-refractivity contribution in [3.05, 3.63) is 24.3 Å². The summed E-state index contributed by atoms with van der Waals surface area (Å²) in [6.45, 7) is 1.77. The zero-order chi connectivity index (χ0) is 16.3. The van der Waals surface area contributed by atoms with Gasteiger partial charge in [0.05, 0.1) is 17.5 Å². The Kier molecular flexibility index (Phi) is 4.72. The minimum Gasteiger partial charge on any atom is -0.376 e. The lowest BCUT2D eigenvalue weighted by atomic mass is 10.2. The summed E-state index contributed by atoms with van der Waals surface area (Å²) in [5.41, 5.74) is 1.25. The number of carbonyl (C=O) groups is 1. The molecule has 2 heterocycles. The average molecular weight is 339 g/mol. The molecule has 2 aliphatic rings. The molecular weight excluding hydrogens is 318 g/mol. The molecule has 2 amide bonds. The summed E-state index contributed by atoms with van der Waals surface area (Å²) < 4.78 is 30.6. The van der Waals surface area contributed by atoms with Crippen molar-refractivity contribution in [3.8, 4) is 0 Å². The first-order valence-electron chi connectivity index (χ1n) is 7.81. The summed E-state index contributed by atoms with van der Waals surface area (Å²) in [7, 11) is -3.17. The molecular formula is C15H21N3O4S. The molecule has 23 heavy (non-hydrogen) atoms.